The van der Waals surface area contributed by atoms with Crippen molar-refractivity contribution in [2.24, 2.45) is 5.41 Å². The molecular formula is C26H38O4. The first kappa shape index (κ1) is 22.8. The van der Waals surface area contributed by atoms with Crippen molar-refractivity contribution in [3.63, 3.8) is 0 Å². The van der Waals surface area contributed by atoms with Crippen LogP contribution in [-0.2, 0) is 27.2 Å². The van der Waals surface area contributed by atoms with E-state index in [0.29, 0.717) is 6.47 Å². The van der Waals surface area contributed by atoms with Crippen LogP contribution in [0.4, 0.5) is 0 Å². The number of carboxylic acid groups (broad SMARTS) is 1. The fraction of sp³-hybridized carbons (Fsp3) is 0.692. The Balaban J connectivity index is 1.35. The number of hydrogen-bond donors (Lipinski definition) is 1. The summed E-state index contributed by atoms with van der Waals surface area (Å²) in [6, 6.07) is 4.73. The molecule has 0 heterocycles. The van der Waals surface area contributed by atoms with Crippen LogP contribution in [0.1, 0.15) is 99.3 Å². The van der Waals surface area contributed by atoms with Gasteiger partial charge in [-0.05, 0) is 107 Å². The van der Waals surface area contributed by atoms with Crippen LogP contribution in [0.25, 0.3) is 0 Å². The van der Waals surface area contributed by atoms with Gasteiger partial charge in [0, 0.05) is 0 Å². The summed E-state index contributed by atoms with van der Waals surface area (Å²) < 4.78 is 5.22. The van der Waals surface area contributed by atoms with Crippen molar-refractivity contribution >= 4 is 12.4 Å². The number of unbranched alkanes of at least 4 members (excludes halogenated alkanes) is 4. The number of aryl methyl sites for hydroxylation is 4. The zero-order chi connectivity index (χ0) is 21.6. The predicted octanol–water partition coefficient (Wildman–Crippen LogP) is 6.08. The lowest BCUT2D eigenvalue weighted by molar-refractivity contribution is -0.143. The highest BCUT2D eigenvalue weighted by atomic mass is 16.5. The first-order chi connectivity index (χ1) is 14.4. The average Bonchev–Trinajstić information content (AvgIpc) is 3.62. The van der Waals surface area contributed by atoms with Crippen LogP contribution in [0.15, 0.2) is 12.1 Å². The molecule has 0 radical (unpaired) electrons. The summed E-state index contributed by atoms with van der Waals surface area (Å²) in [7, 11) is 0. The molecule has 0 spiro atoms. The molecule has 0 saturated heterocycles. The monoisotopic (exact) mass is 414 g/mol. The highest BCUT2D eigenvalue weighted by molar-refractivity contribution is 5.77. The molecule has 0 amide bonds. The van der Waals surface area contributed by atoms with Crippen LogP contribution in [0.3, 0.4) is 0 Å². The van der Waals surface area contributed by atoms with Crippen molar-refractivity contribution in [1.29, 1.82) is 0 Å². The second kappa shape index (κ2) is 9.98. The molecule has 4 nitrogen and oxygen atoms in total. The van der Waals surface area contributed by atoms with Crippen molar-refractivity contribution in [2.75, 3.05) is 0 Å². The molecule has 0 atom stereocenters. The third-order valence-corrected chi connectivity index (χ3v) is 7.39. The molecule has 1 aromatic rings. The molecule has 1 N–H and O–H groups in total. The molecule has 4 heteroatoms. The zero-order valence-corrected chi connectivity index (χ0v) is 18.8. The maximum Gasteiger partial charge on any atom is 0.309 e. The Hall–Kier alpha value is -1.84. The quantitative estimate of drug-likeness (QED) is 0.279. The molecular weight excluding hydrogens is 376 g/mol. The Kier molecular flexibility index (Phi) is 7.60. The highest BCUT2D eigenvalue weighted by Gasteiger charge is 2.49. The van der Waals surface area contributed by atoms with E-state index < -0.39 is 5.97 Å². The fourth-order valence-corrected chi connectivity index (χ4v) is 4.76. The topological polar surface area (TPSA) is 63.6 Å². The number of hydrogen-bond acceptors (Lipinski definition) is 3. The van der Waals surface area contributed by atoms with Gasteiger partial charge in [0.25, 0.3) is 6.47 Å². The van der Waals surface area contributed by atoms with E-state index in [1.54, 1.807) is 0 Å². The lowest BCUT2D eigenvalue weighted by Crippen LogP contribution is -2.14. The van der Waals surface area contributed by atoms with Crippen LogP contribution >= 0.6 is 0 Å². The fourth-order valence-electron chi connectivity index (χ4n) is 4.76. The summed E-state index contributed by atoms with van der Waals surface area (Å²) >= 11 is 0. The van der Waals surface area contributed by atoms with Gasteiger partial charge in [-0.1, -0.05) is 31.4 Å². The van der Waals surface area contributed by atoms with Gasteiger partial charge in [-0.25, -0.2) is 0 Å². The largest absolute Gasteiger partial charge is 0.481 e. The molecule has 2 fully saturated rings. The first-order valence-corrected chi connectivity index (χ1v) is 11.8. The number of ether oxygens (including phenoxy) is 1. The smallest absolute Gasteiger partial charge is 0.309 e. The lowest BCUT2D eigenvalue weighted by Gasteiger charge is -2.14. The van der Waals surface area contributed by atoms with Crippen molar-refractivity contribution in [1.82, 2.24) is 0 Å². The summed E-state index contributed by atoms with van der Waals surface area (Å²) in [6.45, 7) is 5.05. The standard InChI is InChI=1S/C26H38O4/c1-20-18-23(10-6-4-8-12-26(15-16-26)30-19-27)21(2)17-22(20)9-5-3-7-11-25(13-14-25)24(28)29/h17-19H,3-16H2,1-2H3,(H,28,29). The Morgan fingerprint density at radius 1 is 0.900 bits per heavy atom. The third kappa shape index (κ3) is 6.09. The molecule has 2 aliphatic rings. The predicted molar refractivity (Wildman–Crippen MR) is 119 cm³/mol. The maximum atomic E-state index is 11.2. The maximum absolute atomic E-state index is 11.2. The van der Waals surface area contributed by atoms with Crippen LogP contribution in [0.2, 0.25) is 0 Å². The minimum absolute atomic E-state index is 0.108. The molecule has 2 aliphatic carbocycles. The van der Waals surface area contributed by atoms with Crippen molar-refractivity contribution in [3.05, 3.63) is 34.4 Å². The minimum atomic E-state index is -0.592. The number of carboxylic acids is 1. The molecule has 0 unspecified atom stereocenters. The number of rotatable bonds is 15. The van der Waals surface area contributed by atoms with Crippen molar-refractivity contribution in [3.8, 4) is 0 Å². The molecule has 0 aliphatic heterocycles. The van der Waals surface area contributed by atoms with Crippen molar-refractivity contribution in [2.45, 2.75) is 109 Å². The van der Waals surface area contributed by atoms with E-state index in [1.807, 2.05) is 0 Å². The lowest BCUT2D eigenvalue weighted by atomic mass is 9.92. The van der Waals surface area contributed by atoms with Gasteiger partial charge in [-0.15, -0.1) is 0 Å². The van der Waals surface area contributed by atoms with Crippen LogP contribution in [0.5, 0.6) is 0 Å². The summed E-state index contributed by atoms with van der Waals surface area (Å²) in [5.74, 6) is -0.592. The number of carbonyl (C=O) groups is 2. The molecule has 166 valence electrons. The Morgan fingerprint density at radius 3 is 1.87 bits per heavy atom. The summed E-state index contributed by atoms with van der Waals surface area (Å²) in [4.78, 5) is 21.8. The Bertz CT molecular complexity index is 744. The van der Waals surface area contributed by atoms with Crippen LogP contribution < -0.4 is 0 Å². The van der Waals surface area contributed by atoms with E-state index in [-0.39, 0.29) is 11.0 Å². The number of carbonyl (C=O) groups excluding carboxylic acids is 1. The molecule has 2 saturated carbocycles. The van der Waals surface area contributed by atoms with Gasteiger partial charge in [0.15, 0.2) is 0 Å². The number of aliphatic carboxylic acids is 1. The Morgan fingerprint density at radius 2 is 1.43 bits per heavy atom. The second-order valence-corrected chi connectivity index (χ2v) is 9.81. The summed E-state index contributed by atoms with van der Waals surface area (Å²) in [5.41, 5.74) is 5.20. The van der Waals surface area contributed by atoms with Crippen molar-refractivity contribution < 1.29 is 19.4 Å². The van der Waals surface area contributed by atoms with Gasteiger partial charge < -0.3 is 9.84 Å². The van der Waals surface area contributed by atoms with E-state index in [0.717, 1.165) is 77.0 Å². The normalized spacial score (nSPS) is 18.1. The molecule has 0 aromatic heterocycles. The van der Waals surface area contributed by atoms with E-state index >= 15 is 0 Å². The average molecular weight is 415 g/mol. The summed E-state index contributed by atoms with van der Waals surface area (Å²) in [6.07, 6.45) is 14.7. The SMILES string of the molecule is Cc1cc(CCCCCC2(C(=O)O)CC2)c(C)cc1CCCCCC1(OC=O)CC1. The van der Waals surface area contributed by atoms with E-state index in [9.17, 15) is 14.7 Å². The van der Waals surface area contributed by atoms with Crippen LogP contribution in [-0.4, -0.2) is 23.1 Å². The van der Waals surface area contributed by atoms with E-state index in [2.05, 4.69) is 26.0 Å². The zero-order valence-electron chi connectivity index (χ0n) is 18.8. The molecule has 3 rings (SSSR count). The molecule has 1 aromatic carbocycles. The molecule has 30 heavy (non-hydrogen) atoms. The Labute approximate surface area is 181 Å². The minimum Gasteiger partial charge on any atom is -0.481 e. The van der Waals surface area contributed by atoms with Gasteiger partial charge in [0.05, 0.1) is 5.41 Å². The number of benzene rings is 1. The van der Waals surface area contributed by atoms with Gasteiger partial charge in [-0.2, -0.15) is 0 Å². The van der Waals surface area contributed by atoms with Gasteiger partial charge >= 0.3 is 5.97 Å². The second-order valence-electron chi connectivity index (χ2n) is 9.81. The first-order valence-electron chi connectivity index (χ1n) is 11.8. The van der Waals surface area contributed by atoms with E-state index in [4.69, 9.17) is 4.74 Å². The molecule has 0 bridgehead atoms. The van der Waals surface area contributed by atoms with Gasteiger partial charge in [-0.3, -0.25) is 9.59 Å². The van der Waals surface area contributed by atoms with E-state index in [1.165, 1.54) is 35.1 Å². The third-order valence-electron chi connectivity index (χ3n) is 7.39. The highest BCUT2D eigenvalue weighted by Crippen LogP contribution is 2.50. The van der Waals surface area contributed by atoms with Crippen LogP contribution in [0, 0.1) is 19.3 Å². The summed E-state index contributed by atoms with van der Waals surface area (Å²) in [5, 5.41) is 9.26. The van der Waals surface area contributed by atoms with Gasteiger partial charge in [0.2, 0.25) is 0 Å². The van der Waals surface area contributed by atoms with Gasteiger partial charge in [0.1, 0.15) is 5.60 Å².